The van der Waals surface area contributed by atoms with Gasteiger partial charge in [0.05, 0.1) is 18.4 Å². The average Bonchev–Trinajstić information content (AvgIpc) is 3.29. The molecule has 2 aromatic heterocycles. The Morgan fingerprint density at radius 1 is 1.00 bits per heavy atom. The Hall–Kier alpha value is -3.92. The topological polar surface area (TPSA) is 90.1 Å². The molecule has 2 aromatic carbocycles. The number of hydrogen-bond donors (Lipinski definition) is 1. The maximum atomic E-state index is 13.0. The number of nitrogens with zero attached hydrogens (tertiary/aromatic N) is 3. The number of carbonyl (C=O) groups is 1. The summed E-state index contributed by atoms with van der Waals surface area (Å²) in [6.45, 7) is 0. The quantitative estimate of drug-likeness (QED) is 0.397. The third-order valence-corrected chi connectivity index (χ3v) is 4.77. The summed E-state index contributed by atoms with van der Waals surface area (Å²) in [5.41, 5.74) is 0.471. The SMILES string of the molecule is COc1ccc(-c2cc(NC(=O)c3cc(-c4cc(Cl)cc(C(F)(F)F)c4)no3)ncn2)cc1. The van der Waals surface area contributed by atoms with Crippen molar-refractivity contribution in [2.75, 3.05) is 12.4 Å². The molecule has 0 saturated heterocycles. The standard InChI is InChI=1S/C22H14ClF3N4O3/c1-32-16-4-2-12(3-5-16)17-10-20(28-11-27-17)29-21(31)19-9-18(30-33-19)13-6-14(22(24,25)26)8-15(23)7-13/h2-11H,1H3,(H,27,28,29,31). The number of benzene rings is 2. The first-order valence-corrected chi connectivity index (χ1v) is 9.73. The predicted molar refractivity (Wildman–Crippen MR) is 114 cm³/mol. The van der Waals surface area contributed by atoms with Gasteiger partial charge in [0.15, 0.2) is 0 Å². The highest BCUT2D eigenvalue weighted by atomic mass is 35.5. The van der Waals surface area contributed by atoms with Crippen LogP contribution in [0.1, 0.15) is 16.1 Å². The van der Waals surface area contributed by atoms with Gasteiger partial charge in [-0.1, -0.05) is 16.8 Å². The molecule has 1 N–H and O–H groups in total. The molecule has 7 nitrogen and oxygen atoms in total. The van der Waals surface area contributed by atoms with E-state index in [9.17, 15) is 18.0 Å². The molecule has 0 unspecified atom stereocenters. The minimum atomic E-state index is -4.59. The Labute approximate surface area is 190 Å². The van der Waals surface area contributed by atoms with Crippen LogP contribution in [0.4, 0.5) is 19.0 Å². The van der Waals surface area contributed by atoms with Gasteiger partial charge in [0.1, 0.15) is 23.6 Å². The van der Waals surface area contributed by atoms with Crippen molar-refractivity contribution in [2.24, 2.45) is 0 Å². The number of carbonyl (C=O) groups excluding carboxylic acids is 1. The summed E-state index contributed by atoms with van der Waals surface area (Å²) in [5.74, 6) is -0.0280. The number of anilines is 1. The van der Waals surface area contributed by atoms with E-state index < -0.39 is 17.6 Å². The van der Waals surface area contributed by atoms with Crippen molar-refractivity contribution < 1.29 is 27.2 Å². The van der Waals surface area contributed by atoms with Crippen LogP contribution in [0.5, 0.6) is 5.75 Å². The molecule has 0 aliphatic carbocycles. The van der Waals surface area contributed by atoms with E-state index in [0.717, 1.165) is 17.7 Å². The molecule has 4 aromatic rings. The van der Waals surface area contributed by atoms with E-state index in [1.165, 1.54) is 18.5 Å². The fourth-order valence-electron chi connectivity index (χ4n) is 2.94. The smallest absolute Gasteiger partial charge is 0.416 e. The summed E-state index contributed by atoms with van der Waals surface area (Å²) < 4.78 is 49.3. The van der Waals surface area contributed by atoms with Gasteiger partial charge in [-0.15, -0.1) is 0 Å². The first kappa shape index (κ1) is 22.3. The summed E-state index contributed by atoms with van der Waals surface area (Å²) in [7, 11) is 1.56. The summed E-state index contributed by atoms with van der Waals surface area (Å²) in [4.78, 5) is 20.7. The third kappa shape index (κ3) is 5.12. The molecule has 0 atom stereocenters. The second kappa shape index (κ2) is 8.91. The van der Waals surface area contributed by atoms with Crippen molar-refractivity contribution >= 4 is 23.3 Å². The Balaban J connectivity index is 1.53. The molecular formula is C22H14ClF3N4O3. The second-order valence-electron chi connectivity index (χ2n) is 6.77. The zero-order chi connectivity index (χ0) is 23.6. The number of alkyl halides is 3. The maximum Gasteiger partial charge on any atom is 0.416 e. The monoisotopic (exact) mass is 474 g/mol. The van der Waals surface area contributed by atoms with E-state index in [0.29, 0.717) is 11.4 Å². The number of hydrogen-bond acceptors (Lipinski definition) is 6. The van der Waals surface area contributed by atoms with Gasteiger partial charge in [-0.2, -0.15) is 13.2 Å². The molecule has 0 aliphatic rings. The lowest BCUT2D eigenvalue weighted by atomic mass is 10.1. The third-order valence-electron chi connectivity index (χ3n) is 4.55. The van der Waals surface area contributed by atoms with E-state index in [1.807, 2.05) is 0 Å². The van der Waals surface area contributed by atoms with Crippen molar-refractivity contribution in [1.82, 2.24) is 15.1 Å². The van der Waals surface area contributed by atoms with Crippen LogP contribution in [-0.4, -0.2) is 28.1 Å². The van der Waals surface area contributed by atoms with Gasteiger partial charge in [0.25, 0.3) is 5.91 Å². The summed E-state index contributed by atoms with van der Waals surface area (Å²) >= 11 is 5.81. The van der Waals surface area contributed by atoms with Gasteiger partial charge in [0.2, 0.25) is 5.76 Å². The van der Waals surface area contributed by atoms with Crippen LogP contribution >= 0.6 is 11.6 Å². The van der Waals surface area contributed by atoms with Crippen LogP contribution in [-0.2, 0) is 6.18 Å². The Morgan fingerprint density at radius 3 is 2.45 bits per heavy atom. The molecule has 33 heavy (non-hydrogen) atoms. The van der Waals surface area contributed by atoms with Crippen molar-refractivity contribution in [1.29, 1.82) is 0 Å². The van der Waals surface area contributed by atoms with Gasteiger partial charge in [-0.05, 0) is 42.5 Å². The fourth-order valence-corrected chi connectivity index (χ4v) is 3.18. The Kier molecular flexibility index (Phi) is 6.01. The molecule has 0 saturated carbocycles. The lowest BCUT2D eigenvalue weighted by Crippen LogP contribution is -2.12. The maximum absolute atomic E-state index is 13.0. The van der Waals surface area contributed by atoms with Crippen molar-refractivity contribution in [3.8, 4) is 28.3 Å². The molecule has 1 amide bonds. The van der Waals surface area contributed by atoms with Crippen LogP contribution in [0.3, 0.4) is 0 Å². The van der Waals surface area contributed by atoms with Gasteiger partial charge in [-0.25, -0.2) is 9.97 Å². The summed E-state index contributed by atoms with van der Waals surface area (Å²) in [6, 6.07) is 12.9. The van der Waals surface area contributed by atoms with Crippen molar-refractivity contribution in [2.45, 2.75) is 6.18 Å². The van der Waals surface area contributed by atoms with Crippen LogP contribution in [0.2, 0.25) is 5.02 Å². The van der Waals surface area contributed by atoms with Crippen LogP contribution in [0.15, 0.2) is 65.4 Å². The van der Waals surface area contributed by atoms with E-state index in [2.05, 4.69) is 20.4 Å². The van der Waals surface area contributed by atoms with E-state index in [-0.39, 0.29) is 27.9 Å². The number of rotatable bonds is 5. The Morgan fingerprint density at radius 2 is 1.76 bits per heavy atom. The molecular weight excluding hydrogens is 461 g/mol. The molecule has 168 valence electrons. The number of nitrogens with one attached hydrogen (secondary N) is 1. The average molecular weight is 475 g/mol. The molecule has 2 heterocycles. The van der Waals surface area contributed by atoms with Crippen LogP contribution < -0.4 is 10.1 Å². The largest absolute Gasteiger partial charge is 0.497 e. The van der Waals surface area contributed by atoms with E-state index in [4.69, 9.17) is 20.9 Å². The van der Waals surface area contributed by atoms with Gasteiger partial charge in [-0.3, -0.25) is 4.79 Å². The first-order chi connectivity index (χ1) is 15.7. The minimum absolute atomic E-state index is 0.0229. The number of ether oxygens (including phenoxy) is 1. The normalized spacial score (nSPS) is 11.3. The highest BCUT2D eigenvalue weighted by Gasteiger charge is 2.31. The summed E-state index contributed by atoms with van der Waals surface area (Å²) in [6.07, 6.45) is -3.30. The molecule has 0 fully saturated rings. The second-order valence-corrected chi connectivity index (χ2v) is 7.21. The minimum Gasteiger partial charge on any atom is -0.497 e. The number of methoxy groups -OCH3 is 1. The highest BCUT2D eigenvalue weighted by Crippen LogP contribution is 2.34. The van der Waals surface area contributed by atoms with Crippen LogP contribution in [0, 0.1) is 0 Å². The lowest BCUT2D eigenvalue weighted by Gasteiger charge is -2.08. The number of halogens is 4. The molecule has 11 heteroatoms. The molecule has 4 rings (SSSR count). The lowest BCUT2D eigenvalue weighted by molar-refractivity contribution is -0.137. The number of amides is 1. The van der Waals surface area contributed by atoms with Gasteiger partial charge in [0, 0.05) is 28.3 Å². The van der Waals surface area contributed by atoms with Crippen molar-refractivity contribution in [3.05, 3.63) is 77.3 Å². The Bertz CT molecular complexity index is 1310. The number of aromatic nitrogens is 3. The molecule has 0 bridgehead atoms. The summed E-state index contributed by atoms with van der Waals surface area (Å²) in [5, 5.41) is 6.11. The predicted octanol–water partition coefficient (Wildman–Crippen LogP) is 5.73. The zero-order valence-corrected chi connectivity index (χ0v) is 17.6. The zero-order valence-electron chi connectivity index (χ0n) is 16.9. The highest BCUT2D eigenvalue weighted by molar-refractivity contribution is 6.31. The molecule has 0 radical (unpaired) electrons. The first-order valence-electron chi connectivity index (χ1n) is 9.35. The van der Waals surface area contributed by atoms with E-state index in [1.54, 1.807) is 37.4 Å². The molecule has 0 aliphatic heterocycles. The molecule has 0 spiro atoms. The van der Waals surface area contributed by atoms with E-state index >= 15 is 0 Å². The van der Waals surface area contributed by atoms with Crippen LogP contribution in [0.25, 0.3) is 22.5 Å². The van der Waals surface area contributed by atoms with Gasteiger partial charge >= 0.3 is 6.18 Å². The van der Waals surface area contributed by atoms with Gasteiger partial charge < -0.3 is 14.6 Å². The fraction of sp³-hybridized carbons (Fsp3) is 0.0909. The van der Waals surface area contributed by atoms with Crippen molar-refractivity contribution in [3.63, 3.8) is 0 Å².